The van der Waals surface area contributed by atoms with E-state index < -0.39 is 46.1 Å². The Balaban J connectivity index is 0.00000650. The first kappa shape index (κ1) is 40.2. The summed E-state index contributed by atoms with van der Waals surface area (Å²) in [4.78, 5) is 97.0. The number of benzene rings is 2. The average Bonchev–Trinajstić information content (AvgIpc) is 3.11. The second kappa shape index (κ2) is 18.3. The van der Waals surface area contributed by atoms with Crippen LogP contribution in [0.5, 0.6) is 5.88 Å². The minimum atomic E-state index is -0.987. The standard InChI is InChI=1S/C38H35N7O8.Li/c1-3-7-31(46)40-25-9-5-11-27(21-25)44-35(50)29(33(48)42-37(44)52)15-13-23(24-17-19-39-20-18-24)14-16-30-34(49)43-38(53)45(36(30)51)28-12-6-10-26(22-28)41-32(47)8-4-2;/h5-6,9-22,48H,3-4,7-8H2,1-2H3,(H,40,46)(H,41,47)(H,42,52)(H,43,49,53);/q;+1/p-1/b15-13+,23-14-,30-16-;. The zero-order valence-electron chi connectivity index (χ0n) is 29.7. The summed E-state index contributed by atoms with van der Waals surface area (Å²) in [5.74, 6) is -3.36. The van der Waals surface area contributed by atoms with Crippen molar-refractivity contribution in [1.82, 2.24) is 19.9 Å². The van der Waals surface area contributed by atoms with Gasteiger partial charge in [-0.2, -0.15) is 0 Å². The van der Waals surface area contributed by atoms with Crippen molar-refractivity contribution in [3.63, 3.8) is 0 Å². The molecule has 1 fully saturated rings. The summed E-state index contributed by atoms with van der Waals surface area (Å²) in [6.45, 7) is 3.70. The topological polar surface area (TPSA) is 215 Å². The van der Waals surface area contributed by atoms with Gasteiger partial charge in [0.05, 0.1) is 11.4 Å². The van der Waals surface area contributed by atoms with E-state index in [1.165, 1.54) is 61.0 Å². The Hall–Kier alpha value is -6.56. The third-order valence-corrected chi connectivity index (χ3v) is 7.81. The second-order valence-electron chi connectivity index (χ2n) is 11.7. The number of allylic oxidation sites excluding steroid dienone is 4. The van der Waals surface area contributed by atoms with Crippen LogP contribution in [0.4, 0.5) is 21.9 Å². The molecule has 0 spiro atoms. The molecule has 1 aliphatic heterocycles. The number of nitrogens with zero attached hydrogens (tertiary/aromatic N) is 3. The minimum absolute atomic E-state index is 0. The van der Waals surface area contributed by atoms with Crippen molar-refractivity contribution in [2.45, 2.75) is 39.5 Å². The van der Waals surface area contributed by atoms with Crippen molar-refractivity contribution in [3.8, 4) is 11.6 Å². The molecule has 0 atom stereocenters. The fourth-order valence-electron chi connectivity index (χ4n) is 5.31. The molecule has 0 saturated carbocycles. The number of pyridine rings is 1. The summed E-state index contributed by atoms with van der Waals surface area (Å²) < 4.78 is 0.759. The molecule has 54 heavy (non-hydrogen) atoms. The Morgan fingerprint density at radius 1 is 0.852 bits per heavy atom. The number of carbonyl (C=O) groups excluding carboxylic acids is 5. The molecule has 0 unspecified atom stereocenters. The van der Waals surface area contributed by atoms with E-state index in [1.807, 2.05) is 13.8 Å². The number of H-pyrrole nitrogens is 1. The SMILES string of the molecule is CCCC(=O)Nc1cccc(N2C(=O)NC(=O)/C(=C/C=C(/C=C/c3c([O-])[nH]c(=O)n(-c4cccc(NC(=O)CCC)c4)c3=O)c3ccncc3)C2=O)c1.[Li+]. The Morgan fingerprint density at radius 3 is 2.06 bits per heavy atom. The molecule has 5 rings (SSSR count). The zero-order valence-corrected chi connectivity index (χ0v) is 29.7. The number of rotatable bonds is 12. The number of carbonyl (C=O) groups is 5. The van der Waals surface area contributed by atoms with Crippen molar-refractivity contribution < 1.29 is 47.9 Å². The maximum absolute atomic E-state index is 13.6. The molecule has 2 aromatic heterocycles. The predicted octanol–water partition coefficient (Wildman–Crippen LogP) is 0.782. The van der Waals surface area contributed by atoms with Gasteiger partial charge in [-0.3, -0.25) is 34.3 Å². The van der Waals surface area contributed by atoms with E-state index >= 15 is 0 Å². The van der Waals surface area contributed by atoms with Crippen molar-refractivity contribution in [2.75, 3.05) is 15.5 Å². The zero-order chi connectivity index (χ0) is 38.1. The molecule has 15 nitrogen and oxygen atoms in total. The molecule has 0 bridgehead atoms. The molecule has 0 radical (unpaired) electrons. The van der Waals surface area contributed by atoms with E-state index in [-0.39, 0.29) is 54.9 Å². The van der Waals surface area contributed by atoms with E-state index in [9.17, 15) is 38.7 Å². The second-order valence-corrected chi connectivity index (χ2v) is 11.7. The van der Waals surface area contributed by atoms with Gasteiger partial charge in [0.1, 0.15) is 5.57 Å². The summed E-state index contributed by atoms with van der Waals surface area (Å²) in [5, 5.41) is 20.5. The number of urea groups is 1. The van der Waals surface area contributed by atoms with Crippen LogP contribution in [0.15, 0.2) is 106 Å². The number of aromatic nitrogens is 3. The van der Waals surface area contributed by atoms with Crippen LogP contribution in [-0.4, -0.2) is 44.2 Å². The van der Waals surface area contributed by atoms with Gasteiger partial charge in [0.2, 0.25) is 11.8 Å². The van der Waals surface area contributed by atoms with Gasteiger partial charge in [-0.1, -0.05) is 38.1 Å². The number of anilines is 3. The molecule has 16 heteroatoms. The van der Waals surface area contributed by atoms with Crippen LogP contribution in [-0.2, 0) is 19.2 Å². The minimum Gasteiger partial charge on any atom is -0.860 e. The van der Waals surface area contributed by atoms with Crippen molar-refractivity contribution in [1.29, 1.82) is 0 Å². The van der Waals surface area contributed by atoms with Crippen LogP contribution in [0.1, 0.15) is 50.7 Å². The smallest absolute Gasteiger partial charge is 0.860 e. The van der Waals surface area contributed by atoms with Gasteiger partial charge < -0.3 is 20.7 Å². The molecule has 4 aromatic rings. The fourth-order valence-corrected chi connectivity index (χ4v) is 5.31. The number of imide groups is 2. The molecule has 270 valence electrons. The Labute approximate surface area is 320 Å². The molecule has 6 amide bonds. The van der Waals surface area contributed by atoms with Gasteiger partial charge in [0.25, 0.3) is 17.4 Å². The van der Waals surface area contributed by atoms with Crippen LogP contribution < -0.4 is 56.1 Å². The summed E-state index contributed by atoms with van der Waals surface area (Å²) >= 11 is 0. The number of hydrogen-bond acceptors (Lipinski definition) is 9. The number of amides is 6. The van der Waals surface area contributed by atoms with Crippen LogP contribution in [0.2, 0.25) is 0 Å². The third kappa shape index (κ3) is 9.45. The Morgan fingerprint density at radius 2 is 1.44 bits per heavy atom. The summed E-state index contributed by atoms with van der Waals surface area (Å²) in [6.07, 6.45) is 9.88. The van der Waals surface area contributed by atoms with Crippen LogP contribution in [0.3, 0.4) is 0 Å². The average molecular weight is 724 g/mol. The van der Waals surface area contributed by atoms with Crippen LogP contribution in [0, 0.1) is 0 Å². The van der Waals surface area contributed by atoms with Crippen molar-refractivity contribution in [3.05, 3.63) is 129 Å². The molecule has 4 N–H and O–H groups in total. The number of nitrogens with one attached hydrogen (secondary N) is 4. The molecule has 3 heterocycles. The van der Waals surface area contributed by atoms with Crippen molar-refractivity contribution in [2.24, 2.45) is 0 Å². The molecular formula is C38H34LiN7O8. The van der Waals surface area contributed by atoms with Gasteiger partial charge in [-0.25, -0.2) is 19.1 Å². The first-order valence-corrected chi connectivity index (χ1v) is 16.6. The number of aromatic amines is 1. The third-order valence-electron chi connectivity index (χ3n) is 7.81. The molecular weight excluding hydrogens is 689 g/mol. The number of hydrogen-bond donors (Lipinski definition) is 4. The van der Waals surface area contributed by atoms with Gasteiger partial charge in [-0.15, -0.1) is 0 Å². The van der Waals surface area contributed by atoms with Gasteiger partial charge in [0, 0.05) is 42.2 Å². The molecule has 0 aliphatic carbocycles. The quantitative estimate of drug-likeness (QED) is 0.0702. The van der Waals surface area contributed by atoms with Crippen molar-refractivity contribution >= 4 is 58.4 Å². The normalized spacial score (nSPS) is 13.8. The van der Waals surface area contributed by atoms with Crippen LogP contribution >= 0.6 is 0 Å². The Kier molecular flexibility index (Phi) is 13.6. The molecule has 1 saturated heterocycles. The van der Waals surface area contributed by atoms with Gasteiger partial charge in [0.15, 0.2) is 0 Å². The fraction of sp³-hybridized carbons (Fsp3) is 0.158. The van der Waals surface area contributed by atoms with E-state index in [0.29, 0.717) is 35.4 Å². The maximum Gasteiger partial charge on any atom is 1.00 e. The van der Waals surface area contributed by atoms with Gasteiger partial charge >= 0.3 is 30.6 Å². The summed E-state index contributed by atoms with van der Waals surface area (Å²) in [6, 6.07) is 14.3. The molecule has 1 aliphatic rings. The Bertz CT molecular complexity index is 2310. The van der Waals surface area contributed by atoms with E-state index in [1.54, 1.807) is 36.4 Å². The van der Waals surface area contributed by atoms with Gasteiger partial charge in [-0.05, 0) is 90.5 Å². The largest absolute Gasteiger partial charge is 1.00 e. The summed E-state index contributed by atoms with van der Waals surface area (Å²) in [5.41, 5.74) is -1.04. The molecule has 2 aromatic carbocycles. The van der Waals surface area contributed by atoms with E-state index in [2.05, 4.69) is 25.9 Å². The maximum atomic E-state index is 13.6. The monoisotopic (exact) mass is 723 g/mol. The summed E-state index contributed by atoms with van der Waals surface area (Å²) in [7, 11) is 0. The van der Waals surface area contributed by atoms with E-state index in [4.69, 9.17) is 0 Å². The first-order chi connectivity index (χ1) is 25.5. The van der Waals surface area contributed by atoms with E-state index in [0.717, 1.165) is 9.47 Å². The number of barbiturate groups is 1. The predicted molar refractivity (Wildman–Crippen MR) is 196 cm³/mol. The van der Waals surface area contributed by atoms with Crippen LogP contribution in [0.25, 0.3) is 17.3 Å². The first-order valence-electron chi connectivity index (χ1n) is 16.6.